The molecule has 0 amide bonds. The minimum absolute atomic E-state index is 0.109. The third-order valence-electron chi connectivity index (χ3n) is 6.12. The molecular formula is C27H28N4O3S. The number of aromatic nitrogens is 2. The Labute approximate surface area is 205 Å². The van der Waals surface area contributed by atoms with Gasteiger partial charge in [0.1, 0.15) is 12.1 Å². The lowest BCUT2D eigenvalue weighted by Gasteiger charge is -2.36. The lowest BCUT2D eigenvalue weighted by molar-refractivity contribution is -0.00537. The lowest BCUT2D eigenvalue weighted by Crippen LogP contribution is -2.45. The molecule has 0 spiro atoms. The Hall–Kier alpha value is -3.33. The molecule has 2 atom stereocenters. The van der Waals surface area contributed by atoms with Crippen molar-refractivity contribution in [2.45, 2.75) is 37.5 Å². The van der Waals surface area contributed by atoms with Gasteiger partial charge in [0, 0.05) is 25.0 Å². The second-order valence-electron chi connectivity index (χ2n) is 8.93. The first-order valence-corrected chi connectivity index (χ1v) is 13.2. The molecule has 1 aliphatic heterocycles. The molecule has 7 nitrogen and oxygen atoms in total. The first-order valence-electron chi connectivity index (χ1n) is 11.7. The van der Waals surface area contributed by atoms with E-state index in [0.29, 0.717) is 0 Å². The summed E-state index contributed by atoms with van der Waals surface area (Å²) in [5, 5.41) is 0.932. The number of sulfonamides is 1. The van der Waals surface area contributed by atoms with Gasteiger partial charge in [-0.1, -0.05) is 48.5 Å². The minimum atomic E-state index is -3.67. The predicted octanol–water partition coefficient (Wildman–Crippen LogP) is 4.39. The van der Waals surface area contributed by atoms with Crippen molar-refractivity contribution in [2.75, 3.05) is 18.0 Å². The molecule has 1 N–H and O–H groups in total. The van der Waals surface area contributed by atoms with Crippen LogP contribution in [-0.2, 0) is 21.3 Å². The molecule has 35 heavy (non-hydrogen) atoms. The summed E-state index contributed by atoms with van der Waals surface area (Å²) in [7, 11) is -3.67. The zero-order valence-corrected chi connectivity index (χ0v) is 20.6. The Bertz CT molecular complexity index is 1430. The van der Waals surface area contributed by atoms with E-state index in [4.69, 9.17) is 4.74 Å². The topological polar surface area (TPSA) is 84.4 Å². The average Bonchev–Trinajstić information content (AvgIpc) is 2.87. The van der Waals surface area contributed by atoms with Crippen LogP contribution in [-0.4, -0.2) is 43.7 Å². The lowest BCUT2D eigenvalue weighted by atomic mass is 10.0. The van der Waals surface area contributed by atoms with Gasteiger partial charge in [-0.3, -0.25) is 0 Å². The molecule has 0 unspecified atom stereocenters. The predicted molar refractivity (Wildman–Crippen MR) is 138 cm³/mol. The van der Waals surface area contributed by atoms with Gasteiger partial charge in [0.25, 0.3) is 0 Å². The fourth-order valence-corrected chi connectivity index (χ4v) is 5.59. The number of hydrogen-bond donors (Lipinski definition) is 1. The molecule has 180 valence electrons. The fraction of sp³-hybridized carbons (Fsp3) is 0.259. The van der Waals surface area contributed by atoms with Crippen molar-refractivity contribution in [3.05, 3.63) is 84.7 Å². The summed E-state index contributed by atoms with van der Waals surface area (Å²) in [6.07, 6.45) is 1.81. The monoisotopic (exact) mass is 488 g/mol. The summed E-state index contributed by atoms with van der Waals surface area (Å²) in [4.78, 5) is 11.5. The highest BCUT2D eigenvalue weighted by molar-refractivity contribution is 7.89. The quantitative estimate of drug-likeness (QED) is 0.433. The van der Waals surface area contributed by atoms with Gasteiger partial charge in [-0.05, 0) is 54.8 Å². The van der Waals surface area contributed by atoms with Crippen LogP contribution < -0.4 is 9.62 Å². The molecule has 0 aliphatic carbocycles. The highest BCUT2D eigenvalue weighted by Gasteiger charge is 2.25. The van der Waals surface area contributed by atoms with Crippen LogP contribution in [0, 0.1) is 0 Å². The van der Waals surface area contributed by atoms with Crippen molar-refractivity contribution >= 4 is 26.7 Å². The Morgan fingerprint density at radius 3 is 2.43 bits per heavy atom. The van der Waals surface area contributed by atoms with Crippen molar-refractivity contribution < 1.29 is 13.2 Å². The van der Waals surface area contributed by atoms with Crippen molar-refractivity contribution in [3.63, 3.8) is 0 Å². The molecule has 3 aromatic carbocycles. The third-order valence-corrected chi connectivity index (χ3v) is 7.52. The zero-order chi connectivity index (χ0) is 24.4. The van der Waals surface area contributed by atoms with Crippen LogP contribution in [0.15, 0.2) is 84.0 Å². The van der Waals surface area contributed by atoms with Crippen LogP contribution in [0.5, 0.6) is 0 Å². The van der Waals surface area contributed by atoms with Crippen LogP contribution in [0.3, 0.4) is 0 Å². The van der Waals surface area contributed by atoms with Crippen LogP contribution in [0.25, 0.3) is 22.0 Å². The maximum atomic E-state index is 13.0. The summed E-state index contributed by atoms with van der Waals surface area (Å²) >= 11 is 0. The maximum Gasteiger partial charge on any atom is 0.240 e. The smallest absolute Gasteiger partial charge is 0.240 e. The summed E-state index contributed by atoms with van der Waals surface area (Å²) in [5.74, 6) is 0.868. The van der Waals surface area contributed by atoms with E-state index in [1.165, 1.54) is 0 Å². The van der Waals surface area contributed by atoms with Gasteiger partial charge in [0.2, 0.25) is 10.0 Å². The van der Waals surface area contributed by atoms with Crippen LogP contribution in [0.4, 0.5) is 5.82 Å². The fourth-order valence-electron chi connectivity index (χ4n) is 4.53. The minimum Gasteiger partial charge on any atom is -0.372 e. The highest BCUT2D eigenvalue weighted by atomic mass is 32.2. The molecule has 1 saturated heterocycles. The molecule has 0 radical (unpaired) electrons. The van der Waals surface area contributed by atoms with E-state index >= 15 is 0 Å². The summed E-state index contributed by atoms with van der Waals surface area (Å²) in [6, 6.07) is 22.4. The Morgan fingerprint density at radius 2 is 1.66 bits per heavy atom. The second-order valence-corrected chi connectivity index (χ2v) is 10.7. The largest absolute Gasteiger partial charge is 0.372 e. The first kappa shape index (κ1) is 23.4. The van der Waals surface area contributed by atoms with Crippen molar-refractivity contribution in [1.29, 1.82) is 0 Å². The molecule has 0 bridgehead atoms. The van der Waals surface area contributed by atoms with Gasteiger partial charge in [0.05, 0.1) is 22.6 Å². The van der Waals surface area contributed by atoms with E-state index in [9.17, 15) is 8.42 Å². The van der Waals surface area contributed by atoms with Crippen molar-refractivity contribution in [1.82, 2.24) is 14.7 Å². The summed E-state index contributed by atoms with van der Waals surface area (Å²) in [6.45, 7) is 5.87. The summed E-state index contributed by atoms with van der Waals surface area (Å²) < 4.78 is 34.5. The van der Waals surface area contributed by atoms with Crippen LogP contribution in [0.1, 0.15) is 19.4 Å². The number of anilines is 1. The van der Waals surface area contributed by atoms with E-state index in [2.05, 4.69) is 33.4 Å². The highest BCUT2D eigenvalue weighted by Crippen LogP contribution is 2.31. The molecule has 1 fully saturated rings. The maximum absolute atomic E-state index is 13.0. The molecule has 5 rings (SSSR count). The second kappa shape index (κ2) is 9.73. The van der Waals surface area contributed by atoms with Crippen LogP contribution >= 0.6 is 0 Å². The van der Waals surface area contributed by atoms with Gasteiger partial charge >= 0.3 is 0 Å². The molecule has 0 saturated carbocycles. The van der Waals surface area contributed by atoms with E-state index in [0.717, 1.165) is 46.5 Å². The van der Waals surface area contributed by atoms with Crippen molar-refractivity contribution in [3.8, 4) is 11.1 Å². The number of nitrogens with one attached hydrogen (secondary N) is 1. The summed E-state index contributed by atoms with van der Waals surface area (Å²) in [5.41, 5.74) is 3.47. The van der Waals surface area contributed by atoms with Crippen molar-refractivity contribution in [2.24, 2.45) is 0 Å². The molecule has 8 heteroatoms. The number of morpholine rings is 1. The van der Waals surface area contributed by atoms with E-state index in [1.807, 2.05) is 54.6 Å². The number of ether oxygens (including phenoxy) is 1. The van der Waals surface area contributed by atoms with Gasteiger partial charge in [-0.2, -0.15) is 0 Å². The van der Waals surface area contributed by atoms with Gasteiger partial charge in [-0.15, -0.1) is 0 Å². The normalized spacial score (nSPS) is 18.6. The molecular weight excluding hydrogens is 460 g/mol. The Balaban J connectivity index is 1.46. The van der Waals surface area contributed by atoms with E-state index in [-0.39, 0.29) is 23.6 Å². The number of hydrogen-bond acceptors (Lipinski definition) is 6. The van der Waals surface area contributed by atoms with Crippen LogP contribution in [0.2, 0.25) is 0 Å². The third kappa shape index (κ3) is 5.19. The standard InChI is InChI=1S/C27H28N4O3S/c1-19-16-31(17-20(2)34-19)27-25-14-23(11-12-26(25)28-18-29-27)22-9-6-10-24(13-22)35(32,33)30-15-21-7-4-3-5-8-21/h3-14,18-20,30H,15-17H2,1-2H3/t19-,20+. The molecule has 1 aliphatic rings. The molecule has 1 aromatic heterocycles. The number of benzene rings is 3. The first-order chi connectivity index (χ1) is 16.9. The number of rotatable bonds is 6. The van der Waals surface area contributed by atoms with Gasteiger partial charge in [-0.25, -0.2) is 23.1 Å². The molecule has 2 heterocycles. The Morgan fingerprint density at radius 1 is 0.914 bits per heavy atom. The number of fused-ring (bicyclic) bond motifs is 1. The SMILES string of the molecule is C[C@@H]1CN(c2ncnc3ccc(-c4cccc(S(=O)(=O)NCc5ccccc5)c4)cc23)C[C@H](C)O1. The number of nitrogens with zero attached hydrogens (tertiary/aromatic N) is 3. The van der Waals surface area contributed by atoms with E-state index in [1.54, 1.807) is 24.5 Å². The van der Waals surface area contributed by atoms with Gasteiger partial charge in [0.15, 0.2) is 0 Å². The van der Waals surface area contributed by atoms with E-state index < -0.39 is 10.0 Å². The zero-order valence-electron chi connectivity index (χ0n) is 19.8. The Kier molecular flexibility index (Phi) is 6.51. The molecule has 4 aromatic rings. The average molecular weight is 489 g/mol. The van der Waals surface area contributed by atoms with Gasteiger partial charge < -0.3 is 9.64 Å².